The number of nitrogens with zero attached hydrogens (tertiary/aromatic N) is 1. The van der Waals surface area contributed by atoms with Gasteiger partial charge in [0.1, 0.15) is 5.82 Å². The zero-order valence-electron chi connectivity index (χ0n) is 10.9. The first-order valence-electron chi connectivity index (χ1n) is 6.13. The van der Waals surface area contributed by atoms with Crippen LogP contribution in [0.4, 0.5) is 4.39 Å². The SMILES string of the molecule is Cc1ccc(C(C)n2c(=S)[nH]c3cc(F)c(Cl)cc32)s1. The van der Waals surface area contributed by atoms with Gasteiger partial charge in [0.15, 0.2) is 4.77 Å². The minimum atomic E-state index is -0.442. The molecule has 0 saturated heterocycles. The Morgan fingerprint density at radius 1 is 1.40 bits per heavy atom. The van der Waals surface area contributed by atoms with E-state index in [2.05, 4.69) is 31.0 Å². The summed E-state index contributed by atoms with van der Waals surface area (Å²) < 4.78 is 16.1. The van der Waals surface area contributed by atoms with E-state index in [9.17, 15) is 4.39 Å². The molecule has 0 aliphatic carbocycles. The molecular formula is C14H12ClFN2S2. The van der Waals surface area contributed by atoms with Crippen molar-refractivity contribution >= 4 is 46.2 Å². The molecular weight excluding hydrogens is 315 g/mol. The van der Waals surface area contributed by atoms with Gasteiger partial charge in [-0.15, -0.1) is 11.3 Å². The van der Waals surface area contributed by atoms with E-state index < -0.39 is 5.82 Å². The number of hydrogen-bond donors (Lipinski definition) is 1. The molecule has 3 rings (SSSR count). The highest BCUT2D eigenvalue weighted by molar-refractivity contribution is 7.71. The Kier molecular flexibility index (Phi) is 3.44. The third kappa shape index (κ3) is 2.20. The highest BCUT2D eigenvalue weighted by Crippen LogP contribution is 2.31. The van der Waals surface area contributed by atoms with Gasteiger partial charge in [-0.2, -0.15) is 0 Å². The fourth-order valence-electron chi connectivity index (χ4n) is 2.31. The first-order valence-corrected chi connectivity index (χ1v) is 7.73. The van der Waals surface area contributed by atoms with Gasteiger partial charge in [0.2, 0.25) is 0 Å². The number of H-pyrrole nitrogens is 1. The fraction of sp³-hybridized carbons (Fsp3) is 0.214. The number of fused-ring (bicyclic) bond motifs is 1. The number of rotatable bonds is 2. The van der Waals surface area contributed by atoms with E-state index >= 15 is 0 Å². The maximum Gasteiger partial charge on any atom is 0.178 e. The highest BCUT2D eigenvalue weighted by atomic mass is 35.5. The van der Waals surface area contributed by atoms with Crippen LogP contribution >= 0.6 is 35.2 Å². The summed E-state index contributed by atoms with van der Waals surface area (Å²) in [6.07, 6.45) is 0. The Morgan fingerprint density at radius 2 is 2.15 bits per heavy atom. The molecule has 2 heterocycles. The Morgan fingerprint density at radius 3 is 2.80 bits per heavy atom. The summed E-state index contributed by atoms with van der Waals surface area (Å²) in [4.78, 5) is 5.50. The van der Waals surface area contributed by atoms with E-state index in [1.807, 2.05) is 4.57 Å². The lowest BCUT2D eigenvalue weighted by Crippen LogP contribution is -2.05. The standard InChI is InChI=1S/C14H12ClFN2S2/c1-7-3-4-13(20-7)8(2)18-12-5-9(15)10(16)6-11(12)17-14(18)19/h3-6,8H,1-2H3,(H,17,19). The predicted octanol–water partition coefficient (Wildman–Crippen LogP) is 5.47. The topological polar surface area (TPSA) is 20.7 Å². The van der Waals surface area contributed by atoms with Crippen LogP contribution in [0.25, 0.3) is 11.0 Å². The van der Waals surface area contributed by atoms with Crippen LogP contribution in [0.3, 0.4) is 0 Å². The zero-order valence-corrected chi connectivity index (χ0v) is 13.3. The van der Waals surface area contributed by atoms with Gasteiger partial charge >= 0.3 is 0 Å². The number of imidazole rings is 1. The second kappa shape index (κ2) is 4.98. The lowest BCUT2D eigenvalue weighted by atomic mass is 10.2. The minimum Gasteiger partial charge on any atom is -0.330 e. The van der Waals surface area contributed by atoms with Crippen LogP contribution in [-0.2, 0) is 0 Å². The van der Waals surface area contributed by atoms with E-state index in [4.69, 9.17) is 23.8 Å². The summed E-state index contributed by atoms with van der Waals surface area (Å²) in [5.41, 5.74) is 1.48. The van der Waals surface area contributed by atoms with Gasteiger partial charge in [-0.25, -0.2) is 4.39 Å². The maximum absolute atomic E-state index is 13.5. The maximum atomic E-state index is 13.5. The summed E-state index contributed by atoms with van der Waals surface area (Å²) in [5, 5.41) is 0.106. The van der Waals surface area contributed by atoms with Gasteiger partial charge in [-0.3, -0.25) is 0 Å². The zero-order chi connectivity index (χ0) is 14.4. The summed E-state index contributed by atoms with van der Waals surface area (Å²) in [7, 11) is 0. The third-order valence-corrected chi connectivity index (χ3v) is 5.08. The molecule has 0 radical (unpaired) electrons. The average molecular weight is 327 g/mol. The van der Waals surface area contributed by atoms with Crippen molar-refractivity contribution in [3.8, 4) is 0 Å². The third-order valence-electron chi connectivity index (χ3n) is 3.32. The molecule has 0 fully saturated rings. The van der Waals surface area contributed by atoms with Gasteiger partial charge in [0.05, 0.1) is 22.1 Å². The van der Waals surface area contributed by atoms with Crippen LogP contribution in [0.15, 0.2) is 24.3 Å². The number of benzene rings is 1. The molecule has 2 aromatic heterocycles. The summed E-state index contributed by atoms with van der Waals surface area (Å²) in [5.74, 6) is -0.442. The van der Waals surface area contributed by atoms with Crippen molar-refractivity contribution in [2.24, 2.45) is 0 Å². The first-order chi connectivity index (χ1) is 9.47. The number of aromatic nitrogens is 2. The number of thiophene rings is 1. The van der Waals surface area contributed by atoms with Crippen molar-refractivity contribution in [1.82, 2.24) is 9.55 Å². The monoisotopic (exact) mass is 326 g/mol. The normalized spacial score (nSPS) is 13.0. The van der Waals surface area contributed by atoms with Crippen LogP contribution in [0.5, 0.6) is 0 Å². The van der Waals surface area contributed by atoms with Crippen LogP contribution in [-0.4, -0.2) is 9.55 Å². The Bertz CT molecular complexity index is 847. The molecule has 0 saturated carbocycles. The number of hydrogen-bond acceptors (Lipinski definition) is 2. The smallest absolute Gasteiger partial charge is 0.178 e. The summed E-state index contributed by atoms with van der Waals surface area (Å²) in [6, 6.07) is 7.26. The molecule has 0 aliphatic rings. The Hall–Kier alpha value is -1.17. The molecule has 6 heteroatoms. The van der Waals surface area contributed by atoms with Crippen molar-refractivity contribution in [2.45, 2.75) is 19.9 Å². The molecule has 20 heavy (non-hydrogen) atoms. The molecule has 1 unspecified atom stereocenters. The predicted molar refractivity (Wildman–Crippen MR) is 85.0 cm³/mol. The van der Waals surface area contributed by atoms with E-state index in [0.717, 1.165) is 5.52 Å². The van der Waals surface area contributed by atoms with E-state index in [-0.39, 0.29) is 11.1 Å². The number of halogens is 2. The average Bonchev–Trinajstić information content (AvgIpc) is 2.93. The molecule has 104 valence electrons. The van der Waals surface area contributed by atoms with E-state index in [1.54, 1.807) is 17.4 Å². The van der Waals surface area contributed by atoms with E-state index in [1.165, 1.54) is 15.8 Å². The minimum absolute atomic E-state index is 0.0801. The Labute approximate surface area is 129 Å². The van der Waals surface area contributed by atoms with Gasteiger partial charge in [-0.05, 0) is 44.3 Å². The van der Waals surface area contributed by atoms with Crippen molar-refractivity contribution in [2.75, 3.05) is 0 Å². The lowest BCUT2D eigenvalue weighted by Gasteiger charge is -2.13. The molecule has 2 nitrogen and oxygen atoms in total. The van der Waals surface area contributed by atoms with Gasteiger partial charge in [0.25, 0.3) is 0 Å². The molecule has 0 spiro atoms. The molecule has 1 atom stereocenters. The van der Waals surface area contributed by atoms with Crippen LogP contribution in [0.1, 0.15) is 22.7 Å². The molecule has 3 aromatic rings. The highest BCUT2D eigenvalue weighted by Gasteiger charge is 2.16. The molecule has 0 bridgehead atoms. The number of nitrogens with one attached hydrogen (secondary N) is 1. The van der Waals surface area contributed by atoms with Crippen molar-refractivity contribution in [3.05, 3.63) is 49.6 Å². The van der Waals surface area contributed by atoms with Crippen LogP contribution in [0, 0.1) is 17.5 Å². The van der Waals surface area contributed by atoms with Crippen LogP contribution in [0.2, 0.25) is 5.02 Å². The summed E-state index contributed by atoms with van der Waals surface area (Å²) in [6.45, 7) is 4.15. The lowest BCUT2D eigenvalue weighted by molar-refractivity contribution is 0.629. The van der Waals surface area contributed by atoms with Crippen molar-refractivity contribution < 1.29 is 4.39 Å². The molecule has 0 amide bonds. The van der Waals surface area contributed by atoms with Crippen molar-refractivity contribution in [1.29, 1.82) is 0 Å². The van der Waals surface area contributed by atoms with Gasteiger partial charge < -0.3 is 9.55 Å². The number of aromatic amines is 1. The van der Waals surface area contributed by atoms with Gasteiger partial charge in [-0.1, -0.05) is 11.6 Å². The van der Waals surface area contributed by atoms with Gasteiger partial charge in [0, 0.05) is 15.8 Å². The second-order valence-electron chi connectivity index (χ2n) is 4.71. The fourth-order valence-corrected chi connectivity index (χ4v) is 3.75. The quantitative estimate of drug-likeness (QED) is 0.619. The molecule has 1 aromatic carbocycles. The van der Waals surface area contributed by atoms with Crippen molar-refractivity contribution in [3.63, 3.8) is 0 Å². The second-order valence-corrected chi connectivity index (χ2v) is 6.82. The van der Waals surface area contributed by atoms with E-state index in [0.29, 0.717) is 10.3 Å². The molecule has 0 aliphatic heterocycles. The first kappa shape index (κ1) is 13.8. The molecule has 1 N–H and O–H groups in total. The Balaban J connectivity index is 2.23. The summed E-state index contributed by atoms with van der Waals surface area (Å²) >= 11 is 13.0. The number of aryl methyl sites for hydroxylation is 1. The van der Waals surface area contributed by atoms with Crippen LogP contribution < -0.4 is 0 Å². The largest absolute Gasteiger partial charge is 0.330 e.